The zero-order chi connectivity index (χ0) is 24.4. The SMILES string of the molecule is COc1cccc(-n2nnc(C(=O)N3CCN(c4ccc(C)cc4C)CC3)c2-c2ccncc2)c1. The van der Waals surface area contributed by atoms with E-state index < -0.39 is 0 Å². The van der Waals surface area contributed by atoms with Gasteiger partial charge in [0.1, 0.15) is 11.4 Å². The zero-order valence-electron chi connectivity index (χ0n) is 20.2. The third-order valence-electron chi connectivity index (χ3n) is 6.38. The van der Waals surface area contributed by atoms with Gasteiger partial charge in [0.2, 0.25) is 0 Å². The van der Waals surface area contributed by atoms with Gasteiger partial charge in [-0.25, -0.2) is 4.68 Å². The first-order valence-corrected chi connectivity index (χ1v) is 11.7. The molecule has 1 aliphatic rings. The maximum atomic E-state index is 13.7. The van der Waals surface area contributed by atoms with Crippen LogP contribution in [0, 0.1) is 13.8 Å². The molecule has 0 N–H and O–H groups in total. The Bertz CT molecular complexity index is 1340. The van der Waals surface area contributed by atoms with Gasteiger partial charge < -0.3 is 14.5 Å². The van der Waals surface area contributed by atoms with Gasteiger partial charge in [-0.15, -0.1) is 5.10 Å². The topological polar surface area (TPSA) is 76.4 Å². The second kappa shape index (κ2) is 9.58. The molecule has 0 bridgehead atoms. The summed E-state index contributed by atoms with van der Waals surface area (Å²) in [4.78, 5) is 22.0. The van der Waals surface area contributed by atoms with E-state index in [1.54, 1.807) is 24.2 Å². The van der Waals surface area contributed by atoms with E-state index in [0.29, 0.717) is 30.2 Å². The number of carbonyl (C=O) groups excluding carboxylic acids is 1. The van der Waals surface area contributed by atoms with Gasteiger partial charge in [0.25, 0.3) is 5.91 Å². The highest BCUT2D eigenvalue weighted by molar-refractivity contribution is 5.98. The molecule has 0 saturated carbocycles. The number of ether oxygens (including phenoxy) is 1. The summed E-state index contributed by atoms with van der Waals surface area (Å²) in [6.07, 6.45) is 3.41. The minimum absolute atomic E-state index is 0.119. The molecule has 0 radical (unpaired) electrons. The van der Waals surface area contributed by atoms with Crippen LogP contribution in [0.4, 0.5) is 5.69 Å². The maximum absolute atomic E-state index is 13.7. The molecule has 1 amide bonds. The van der Waals surface area contributed by atoms with Gasteiger partial charge in [-0.3, -0.25) is 9.78 Å². The smallest absolute Gasteiger partial charge is 0.276 e. The van der Waals surface area contributed by atoms with Gasteiger partial charge in [-0.05, 0) is 49.7 Å². The molecule has 2 aromatic heterocycles. The van der Waals surface area contributed by atoms with Crippen molar-refractivity contribution in [3.8, 4) is 22.7 Å². The van der Waals surface area contributed by atoms with Crippen molar-refractivity contribution in [3.05, 3.63) is 83.8 Å². The van der Waals surface area contributed by atoms with Crippen molar-refractivity contribution >= 4 is 11.6 Å². The van der Waals surface area contributed by atoms with Crippen molar-refractivity contribution in [3.63, 3.8) is 0 Å². The molecular formula is C27H28N6O2. The number of nitrogens with zero attached hydrogens (tertiary/aromatic N) is 6. The van der Waals surface area contributed by atoms with E-state index in [1.165, 1.54) is 16.8 Å². The fourth-order valence-corrected chi connectivity index (χ4v) is 4.58. The first-order chi connectivity index (χ1) is 17.0. The number of carbonyl (C=O) groups is 1. The molecule has 35 heavy (non-hydrogen) atoms. The van der Waals surface area contributed by atoms with Crippen LogP contribution in [0.3, 0.4) is 0 Å². The normalized spacial score (nSPS) is 13.7. The average molecular weight is 469 g/mol. The van der Waals surface area contributed by atoms with Crippen LogP contribution in [0.5, 0.6) is 5.75 Å². The first-order valence-electron chi connectivity index (χ1n) is 11.7. The highest BCUT2D eigenvalue weighted by atomic mass is 16.5. The molecule has 2 aromatic carbocycles. The number of rotatable bonds is 5. The van der Waals surface area contributed by atoms with Gasteiger partial charge in [-0.2, -0.15) is 0 Å². The Hall–Kier alpha value is -4.20. The van der Waals surface area contributed by atoms with Gasteiger partial charge in [-0.1, -0.05) is 29.0 Å². The predicted octanol–water partition coefficient (Wildman–Crippen LogP) is 3.92. The molecule has 0 unspecified atom stereocenters. The summed E-state index contributed by atoms with van der Waals surface area (Å²) >= 11 is 0. The van der Waals surface area contributed by atoms with Crippen LogP contribution in [0.25, 0.3) is 16.9 Å². The van der Waals surface area contributed by atoms with Crippen LogP contribution < -0.4 is 9.64 Å². The summed E-state index contributed by atoms with van der Waals surface area (Å²) in [6.45, 7) is 7.01. The van der Waals surface area contributed by atoms with Gasteiger partial charge in [0.05, 0.1) is 12.8 Å². The third kappa shape index (κ3) is 4.47. The molecule has 3 heterocycles. The standard InChI is InChI=1S/C27H28N6O2/c1-19-7-8-24(20(2)17-19)31-13-15-32(16-14-31)27(34)25-26(21-9-11-28-12-10-21)33(30-29-25)22-5-4-6-23(18-22)35-3/h4-12,17-18H,13-16H2,1-3H3. The third-order valence-corrected chi connectivity index (χ3v) is 6.38. The monoisotopic (exact) mass is 468 g/mol. The fraction of sp³-hybridized carbons (Fsp3) is 0.259. The lowest BCUT2D eigenvalue weighted by molar-refractivity contribution is 0.0741. The lowest BCUT2D eigenvalue weighted by Gasteiger charge is -2.36. The number of pyridine rings is 1. The summed E-state index contributed by atoms with van der Waals surface area (Å²) in [5.74, 6) is 0.584. The summed E-state index contributed by atoms with van der Waals surface area (Å²) in [7, 11) is 1.62. The molecule has 0 spiro atoms. The van der Waals surface area contributed by atoms with Crippen LogP contribution in [0.15, 0.2) is 67.0 Å². The average Bonchev–Trinajstić information content (AvgIpc) is 3.34. The summed E-state index contributed by atoms with van der Waals surface area (Å²) in [5, 5.41) is 8.72. The van der Waals surface area contributed by atoms with Crippen LogP contribution in [0.2, 0.25) is 0 Å². The largest absolute Gasteiger partial charge is 0.497 e. The number of hydrogen-bond donors (Lipinski definition) is 0. The number of methoxy groups -OCH3 is 1. The molecule has 0 aliphatic carbocycles. The lowest BCUT2D eigenvalue weighted by atomic mass is 10.1. The van der Waals surface area contributed by atoms with Crippen LogP contribution in [0.1, 0.15) is 21.6 Å². The number of benzene rings is 2. The number of hydrogen-bond acceptors (Lipinski definition) is 6. The number of aromatic nitrogens is 4. The fourth-order valence-electron chi connectivity index (χ4n) is 4.58. The molecule has 1 saturated heterocycles. The first kappa shape index (κ1) is 22.6. The van der Waals surface area contributed by atoms with Gasteiger partial charge >= 0.3 is 0 Å². The van der Waals surface area contributed by atoms with Crippen molar-refractivity contribution in [1.82, 2.24) is 24.9 Å². The number of aryl methyl sites for hydroxylation is 2. The zero-order valence-corrected chi connectivity index (χ0v) is 20.2. The van der Waals surface area contributed by atoms with Crippen molar-refractivity contribution in [1.29, 1.82) is 0 Å². The molecule has 5 rings (SSSR count). The highest BCUT2D eigenvalue weighted by Gasteiger charge is 2.29. The second-order valence-electron chi connectivity index (χ2n) is 8.71. The Morgan fingerprint density at radius 1 is 0.943 bits per heavy atom. The van der Waals surface area contributed by atoms with E-state index in [2.05, 4.69) is 52.2 Å². The van der Waals surface area contributed by atoms with Crippen molar-refractivity contribution in [2.45, 2.75) is 13.8 Å². The van der Waals surface area contributed by atoms with Crippen molar-refractivity contribution in [2.24, 2.45) is 0 Å². The van der Waals surface area contributed by atoms with Crippen molar-refractivity contribution in [2.75, 3.05) is 38.2 Å². The van der Waals surface area contributed by atoms with E-state index in [9.17, 15) is 4.79 Å². The Morgan fingerprint density at radius 3 is 2.43 bits per heavy atom. The lowest BCUT2D eigenvalue weighted by Crippen LogP contribution is -2.49. The van der Waals surface area contributed by atoms with E-state index in [-0.39, 0.29) is 5.91 Å². The molecule has 178 valence electrons. The molecule has 1 aliphatic heterocycles. The van der Waals surface area contributed by atoms with Crippen LogP contribution in [-0.2, 0) is 0 Å². The van der Waals surface area contributed by atoms with E-state index >= 15 is 0 Å². The number of piperazine rings is 1. The van der Waals surface area contributed by atoms with Gasteiger partial charge in [0.15, 0.2) is 5.69 Å². The summed E-state index contributed by atoms with van der Waals surface area (Å²) in [5.41, 5.74) is 6.30. The Balaban J connectivity index is 1.44. The maximum Gasteiger partial charge on any atom is 0.276 e. The van der Waals surface area contributed by atoms with E-state index in [4.69, 9.17) is 4.74 Å². The summed E-state index contributed by atoms with van der Waals surface area (Å²) in [6, 6.07) is 17.8. The molecule has 1 fully saturated rings. The minimum atomic E-state index is -0.119. The molecular weight excluding hydrogens is 440 g/mol. The predicted molar refractivity (Wildman–Crippen MR) is 135 cm³/mol. The van der Waals surface area contributed by atoms with Gasteiger partial charge in [0, 0.05) is 55.9 Å². The Labute approximate surface area is 204 Å². The van der Waals surface area contributed by atoms with Crippen LogP contribution in [-0.4, -0.2) is 64.1 Å². The quantitative estimate of drug-likeness (QED) is 0.442. The Kier molecular flexibility index (Phi) is 6.18. The minimum Gasteiger partial charge on any atom is -0.497 e. The number of anilines is 1. The molecule has 0 atom stereocenters. The van der Waals surface area contributed by atoms with E-state index in [1.807, 2.05) is 41.3 Å². The Morgan fingerprint density at radius 2 is 1.71 bits per heavy atom. The highest BCUT2D eigenvalue weighted by Crippen LogP contribution is 2.28. The van der Waals surface area contributed by atoms with Crippen LogP contribution >= 0.6 is 0 Å². The second-order valence-corrected chi connectivity index (χ2v) is 8.71. The summed E-state index contributed by atoms with van der Waals surface area (Å²) < 4.78 is 7.07. The van der Waals surface area contributed by atoms with Crippen molar-refractivity contribution < 1.29 is 9.53 Å². The molecule has 8 heteroatoms. The number of amides is 1. The molecule has 8 nitrogen and oxygen atoms in total. The van der Waals surface area contributed by atoms with E-state index in [0.717, 1.165) is 24.3 Å². The molecule has 4 aromatic rings.